The highest BCUT2D eigenvalue weighted by Crippen LogP contribution is 2.18. The average molecular weight is 269 g/mol. The van der Waals surface area contributed by atoms with E-state index in [0.29, 0.717) is 25.9 Å². The Balaban J connectivity index is 1.99. The zero-order valence-corrected chi connectivity index (χ0v) is 10.4. The van der Waals surface area contributed by atoms with Gasteiger partial charge >= 0.3 is 0 Å². The van der Waals surface area contributed by atoms with Crippen LogP contribution in [0.1, 0.15) is 23.3 Å². The van der Waals surface area contributed by atoms with E-state index in [9.17, 15) is 9.59 Å². The van der Waals surface area contributed by atoms with Crippen molar-refractivity contribution in [1.82, 2.24) is 15.1 Å². The summed E-state index contributed by atoms with van der Waals surface area (Å²) in [5, 5.41) is 7.62. The molecule has 0 atom stereocenters. The van der Waals surface area contributed by atoms with Crippen LogP contribution in [-0.2, 0) is 4.79 Å². The van der Waals surface area contributed by atoms with Crippen LogP contribution in [0.4, 0.5) is 0 Å². The average Bonchev–Trinajstić information content (AvgIpc) is 2.39. The van der Waals surface area contributed by atoms with Crippen molar-refractivity contribution in [2.75, 3.05) is 13.1 Å². The Hall–Kier alpha value is -1.69. The Morgan fingerprint density at radius 2 is 1.94 bits per heavy atom. The monoisotopic (exact) mass is 268 g/mol. The zero-order chi connectivity index (χ0) is 13.1. The van der Waals surface area contributed by atoms with Gasteiger partial charge in [-0.3, -0.25) is 9.59 Å². The van der Waals surface area contributed by atoms with Crippen molar-refractivity contribution < 1.29 is 9.59 Å². The highest BCUT2D eigenvalue weighted by molar-refractivity contribution is 6.29. The van der Waals surface area contributed by atoms with Gasteiger partial charge in [-0.05, 0) is 25.0 Å². The normalized spacial score (nSPS) is 16.6. The number of halogens is 1. The summed E-state index contributed by atoms with van der Waals surface area (Å²) in [5.41, 5.74) is 5.50. The molecule has 1 saturated heterocycles. The summed E-state index contributed by atoms with van der Waals surface area (Å²) < 4.78 is 0. The number of nitrogens with two attached hydrogens (primary N) is 1. The number of hydrogen-bond acceptors (Lipinski definition) is 4. The van der Waals surface area contributed by atoms with Crippen molar-refractivity contribution in [2.24, 2.45) is 11.7 Å². The van der Waals surface area contributed by atoms with Gasteiger partial charge in [-0.2, -0.15) is 0 Å². The number of carbonyl (C=O) groups is 2. The molecule has 1 aromatic heterocycles. The van der Waals surface area contributed by atoms with Crippen LogP contribution in [-0.4, -0.2) is 40.0 Å². The van der Waals surface area contributed by atoms with Crippen molar-refractivity contribution >= 4 is 23.4 Å². The third-order valence-electron chi connectivity index (χ3n) is 3.04. The van der Waals surface area contributed by atoms with Gasteiger partial charge < -0.3 is 10.6 Å². The second-order valence-corrected chi connectivity index (χ2v) is 4.60. The van der Waals surface area contributed by atoms with Crippen molar-refractivity contribution in [2.45, 2.75) is 12.8 Å². The lowest BCUT2D eigenvalue weighted by molar-refractivity contribution is -0.123. The third kappa shape index (κ3) is 2.76. The number of rotatable bonds is 2. The molecule has 96 valence electrons. The maximum Gasteiger partial charge on any atom is 0.274 e. The number of nitrogens with zero attached hydrogens (tertiary/aromatic N) is 3. The summed E-state index contributed by atoms with van der Waals surface area (Å²) in [6, 6.07) is 3.07. The number of primary amides is 1. The van der Waals surface area contributed by atoms with Crippen molar-refractivity contribution in [3.63, 3.8) is 0 Å². The van der Waals surface area contributed by atoms with Crippen LogP contribution in [0.3, 0.4) is 0 Å². The van der Waals surface area contributed by atoms with E-state index in [-0.39, 0.29) is 28.6 Å². The molecule has 0 radical (unpaired) electrons. The maximum atomic E-state index is 12.1. The largest absolute Gasteiger partial charge is 0.369 e. The van der Waals surface area contributed by atoms with Gasteiger partial charge in [0.25, 0.3) is 5.91 Å². The van der Waals surface area contributed by atoms with Crippen LogP contribution in [0.5, 0.6) is 0 Å². The molecule has 0 saturated carbocycles. The number of carbonyl (C=O) groups excluding carboxylic acids is 2. The first-order valence-electron chi connectivity index (χ1n) is 5.66. The van der Waals surface area contributed by atoms with Gasteiger partial charge in [0.2, 0.25) is 5.91 Å². The van der Waals surface area contributed by atoms with Crippen LogP contribution < -0.4 is 5.73 Å². The molecule has 1 aliphatic rings. The fraction of sp³-hybridized carbons (Fsp3) is 0.455. The molecule has 0 aromatic carbocycles. The van der Waals surface area contributed by atoms with E-state index in [1.807, 2.05) is 0 Å². The molecule has 7 heteroatoms. The van der Waals surface area contributed by atoms with Crippen molar-refractivity contribution in [3.05, 3.63) is 23.0 Å². The third-order valence-corrected chi connectivity index (χ3v) is 3.24. The molecule has 0 aliphatic carbocycles. The van der Waals surface area contributed by atoms with Gasteiger partial charge in [-0.15, -0.1) is 10.2 Å². The first-order chi connectivity index (χ1) is 8.58. The van der Waals surface area contributed by atoms with E-state index in [4.69, 9.17) is 17.3 Å². The van der Waals surface area contributed by atoms with E-state index >= 15 is 0 Å². The van der Waals surface area contributed by atoms with E-state index in [1.165, 1.54) is 12.1 Å². The summed E-state index contributed by atoms with van der Waals surface area (Å²) in [5.74, 6) is -0.624. The summed E-state index contributed by atoms with van der Waals surface area (Å²) >= 11 is 5.61. The lowest BCUT2D eigenvalue weighted by Gasteiger charge is -2.30. The molecule has 2 amide bonds. The lowest BCUT2D eigenvalue weighted by Crippen LogP contribution is -2.42. The molecule has 2 heterocycles. The summed E-state index contributed by atoms with van der Waals surface area (Å²) in [6.45, 7) is 1.02. The smallest absolute Gasteiger partial charge is 0.274 e. The molecular weight excluding hydrogens is 256 g/mol. The Bertz CT molecular complexity index is 455. The number of aromatic nitrogens is 2. The molecule has 0 bridgehead atoms. The number of piperidine rings is 1. The van der Waals surface area contributed by atoms with Gasteiger partial charge in [0.05, 0.1) is 0 Å². The molecule has 1 aromatic rings. The van der Waals surface area contributed by atoms with Gasteiger partial charge in [0.1, 0.15) is 0 Å². The Labute approximate surface area is 109 Å². The number of hydrogen-bond donors (Lipinski definition) is 1. The Morgan fingerprint density at radius 1 is 1.28 bits per heavy atom. The molecule has 1 fully saturated rings. The van der Waals surface area contributed by atoms with Crippen LogP contribution in [0, 0.1) is 5.92 Å². The van der Waals surface area contributed by atoms with Gasteiger partial charge in [0.15, 0.2) is 10.8 Å². The van der Waals surface area contributed by atoms with E-state index in [0.717, 1.165) is 0 Å². The number of likely N-dealkylation sites (tertiary alicyclic amines) is 1. The molecule has 2 rings (SSSR count). The van der Waals surface area contributed by atoms with Gasteiger partial charge in [-0.1, -0.05) is 11.6 Å². The first-order valence-corrected chi connectivity index (χ1v) is 6.03. The van der Waals surface area contributed by atoms with Gasteiger partial charge in [0, 0.05) is 19.0 Å². The van der Waals surface area contributed by atoms with Crippen molar-refractivity contribution in [3.8, 4) is 0 Å². The minimum atomic E-state index is -0.298. The summed E-state index contributed by atoms with van der Waals surface area (Å²) in [6.07, 6.45) is 1.20. The summed E-state index contributed by atoms with van der Waals surface area (Å²) in [7, 11) is 0. The Kier molecular flexibility index (Phi) is 3.76. The minimum Gasteiger partial charge on any atom is -0.369 e. The van der Waals surface area contributed by atoms with Crippen LogP contribution in [0.2, 0.25) is 5.15 Å². The standard InChI is InChI=1S/C11H13ClN4O2/c12-9-2-1-8(14-15-9)11(18)16-5-3-7(4-6-16)10(13)17/h1-2,7H,3-6H2,(H2,13,17). The lowest BCUT2D eigenvalue weighted by atomic mass is 9.96. The molecular formula is C11H13ClN4O2. The predicted octanol–water partition coefficient (Wildman–Crippen LogP) is 0.467. The summed E-state index contributed by atoms with van der Waals surface area (Å²) in [4.78, 5) is 24.7. The fourth-order valence-corrected chi connectivity index (χ4v) is 2.06. The highest BCUT2D eigenvalue weighted by Gasteiger charge is 2.27. The fourth-order valence-electron chi connectivity index (χ4n) is 1.96. The molecule has 6 nitrogen and oxygen atoms in total. The maximum absolute atomic E-state index is 12.1. The Morgan fingerprint density at radius 3 is 2.44 bits per heavy atom. The first kappa shape index (κ1) is 12.8. The minimum absolute atomic E-state index is 0.134. The molecule has 2 N–H and O–H groups in total. The molecule has 0 spiro atoms. The molecule has 1 aliphatic heterocycles. The highest BCUT2D eigenvalue weighted by atomic mass is 35.5. The molecule has 18 heavy (non-hydrogen) atoms. The van der Waals surface area contributed by atoms with E-state index < -0.39 is 0 Å². The second kappa shape index (κ2) is 5.30. The van der Waals surface area contributed by atoms with Crippen LogP contribution >= 0.6 is 11.6 Å². The SMILES string of the molecule is NC(=O)C1CCN(C(=O)c2ccc(Cl)nn2)CC1. The van der Waals surface area contributed by atoms with Crippen LogP contribution in [0.15, 0.2) is 12.1 Å². The second-order valence-electron chi connectivity index (χ2n) is 4.21. The van der Waals surface area contributed by atoms with E-state index in [2.05, 4.69) is 10.2 Å². The van der Waals surface area contributed by atoms with E-state index in [1.54, 1.807) is 4.90 Å². The predicted molar refractivity (Wildman–Crippen MR) is 64.9 cm³/mol. The van der Waals surface area contributed by atoms with Crippen LogP contribution in [0.25, 0.3) is 0 Å². The van der Waals surface area contributed by atoms with Crippen molar-refractivity contribution in [1.29, 1.82) is 0 Å². The molecule has 0 unspecified atom stereocenters. The quantitative estimate of drug-likeness (QED) is 0.844. The zero-order valence-electron chi connectivity index (χ0n) is 9.67. The number of amides is 2. The van der Waals surface area contributed by atoms with Gasteiger partial charge in [-0.25, -0.2) is 0 Å². The topological polar surface area (TPSA) is 89.2 Å².